The second-order valence-electron chi connectivity index (χ2n) is 7.41. The van der Waals surface area contributed by atoms with Crippen molar-refractivity contribution in [1.29, 1.82) is 0 Å². The van der Waals surface area contributed by atoms with E-state index in [1.807, 2.05) is 12.1 Å². The molecule has 4 rings (SSSR count). The molecule has 1 saturated heterocycles. The van der Waals surface area contributed by atoms with E-state index in [1.165, 1.54) is 23.8 Å². The SMILES string of the molecule is CCc1ccc(-c2ccc(N3CCN(C(=O)c4cccc([N+](=O)[O-])c4)CC3)nn2)cc1. The number of rotatable bonds is 5. The third kappa shape index (κ3) is 4.53. The minimum absolute atomic E-state index is 0.0795. The second-order valence-corrected chi connectivity index (χ2v) is 7.41. The van der Waals surface area contributed by atoms with Crippen LogP contribution in [0.1, 0.15) is 22.8 Å². The third-order valence-corrected chi connectivity index (χ3v) is 5.50. The zero-order chi connectivity index (χ0) is 21.8. The summed E-state index contributed by atoms with van der Waals surface area (Å²) in [5.74, 6) is 0.580. The largest absolute Gasteiger partial charge is 0.352 e. The number of anilines is 1. The molecule has 1 fully saturated rings. The van der Waals surface area contributed by atoms with E-state index >= 15 is 0 Å². The number of nitro benzene ring substituents is 1. The maximum Gasteiger partial charge on any atom is 0.270 e. The van der Waals surface area contributed by atoms with Crippen molar-refractivity contribution in [3.8, 4) is 11.3 Å². The minimum atomic E-state index is -0.491. The van der Waals surface area contributed by atoms with Gasteiger partial charge in [-0.2, -0.15) is 0 Å². The van der Waals surface area contributed by atoms with Crippen molar-refractivity contribution in [2.24, 2.45) is 0 Å². The van der Waals surface area contributed by atoms with Crippen LogP contribution in [0.15, 0.2) is 60.7 Å². The lowest BCUT2D eigenvalue weighted by Crippen LogP contribution is -2.49. The number of piperazine rings is 1. The Bertz CT molecular complexity index is 1080. The first kappa shape index (κ1) is 20.5. The van der Waals surface area contributed by atoms with Crippen molar-refractivity contribution >= 4 is 17.4 Å². The highest BCUT2D eigenvalue weighted by Crippen LogP contribution is 2.21. The minimum Gasteiger partial charge on any atom is -0.352 e. The number of aromatic nitrogens is 2. The Kier molecular flexibility index (Phi) is 5.88. The van der Waals surface area contributed by atoms with Crippen LogP contribution in [0.4, 0.5) is 11.5 Å². The second kappa shape index (κ2) is 8.91. The fourth-order valence-corrected chi connectivity index (χ4v) is 3.63. The standard InChI is InChI=1S/C23H23N5O3/c1-2-17-6-8-18(9-7-17)21-10-11-22(25-24-21)26-12-14-27(15-13-26)23(29)19-4-3-5-20(16-19)28(30)31/h3-11,16H,2,12-15H2,1H3. The van der Waals surface area contributed by atoms with Gasteiger partial charge in [-0.15, -0.1) is 10.2 Å². The molecule has 0 atom stereocenters. The van der Waals surface area contributed by atoms with Crippen LogP contribution in [0.25, 0.3) is 11.3 Å². The Labute approximate surface area is 180 Å². The number of amides is 1. The van der Waals surface area contributed by atoms with Gasteiger partial charge >= 0.3 is 0 Å². The van der Waals surface area contributed by atoms with E-state index in [2.05, 4.69) is 46.3 Å². The number of benzene rings is 2. The van der Waals surface area contributed by atoms with Gasteiger partial charge in [-0.3, -0.25) is 14.9 Å². The Balaban J connectivity index is 1.38. The first-order chi connectivity index (χ1) is 15.0. The zero-order valence-corrected chi connectivity index (χ0v) is 17.3. The third-order valence-electron chi connectivity index (χ3n) is 5.50. The topological polar surface area (TPSA) is 92.5 Å². The molecule has 1 aliphatic heterocycles. The van der Waals surface area contributed by atoms with Crippen molar-refractivity contribution in [2.45, 2.75) is 13.3 Å². The predicted molar refractivity (Wildman–Crippen MR) is 118 cm³/mol. The molecule has 0 unspecified atom stereocenters. The summed E-state index contributed by atoms with van der Waals surface area (Å²) in [5.41, 5.74) is 3.39. The Morgan fingerprint density at radius 2 is 1.74 bits per heavy atom. The lowest BCUT2D eigenvalue weighted by atomic mass is 10.1. The summed E-state index contributed by atoms with van der Waals surface area (Å²) in [5, 5.41) is 19.7. The molecule has 0 saturated carbocycles. The highest BCUT2D eigenvalue weighted by molar-refractivity contribution is 5.95. The summed E-state index contributed by atoms with van der Waals surface area (Å²) in [6, 6.07) is 18.1. The zero-order valence-electron chi connectivity index (χ0n) is 17.3. The lowest BCUT2D eigenvalue weighted by molar-refractivity contribution is -0.384. The number of aryl methyl sites for hydroxylation is 1. The Morgan fingerprint density at radius 1 is 1.00 bits per heavy atom. The molecule has 2 heterocycles. The molecule has 3 aromatic rings. The van der Waals surface area contributed by atoms with E-state index in [9.17, 15) is 14.9 Å². The monoisotopic (exact) mass is 417 g/mol. The average Bonchev–Trinajstić information content (AvgIpc) is 2.84. The number of carbonyl (C=O) groups excluding carboxylic acids is 1. The van der Waals surface area contributed by atoms with Crippen LogP contribution < -0.4 is 4.90 Å². The molecular formula is C23H23N5O3. The van der Waals surface area contributed by atoms with Crippen LogP contribution in [0.5, 0.6) is 0 Å². The number of carbonyl (C=O) groups is 1. The molecule has 1 aliphatic rings. The molecule has 8 heteroatoms. The predicted octanol–water partition coefficient (Wildman–Crippen LogP) is 3.58. The van der Waals surface area contributed by atoms with Gasteiger partial charge in [0.25, 0.3) is 11.6 Å². The number of hydrogen-bond donors (Lipinski definition) is 0. The van der Waals surface area contributed by atoms with Gasteiger partial charge in [-0.1, -0.05) is 37.3 Å². The summed E-state index contributed by atoms with van der Waals surface area (Å²) < 4.78 is 0. The van der Waals surface area contributed by atoms with E-state index in [-0.39, 0.29) is 11.6 Å². The molecule has 0 spiro atoms. The maximum atomic E-state index is 12.7. The fraction of sp³-hybridized carbons (Fsp3) is 0.261. The van der Waals surface area contributed by atoms with Crippen molar-refractivity contribution in [3.63, 3.8) is 0 Å². The molecule has 0 radical (unpaired) electrons. The van der Waals surface area contributed by atoms with E-state index in [0.717, 1.165) is 23.5 Å². The molecule has 1 aromatic heterocycles. The van der Waals surface area contributed by atoms with Gasteiger partial charge in [0.2, 0.25) is 0 Å². The molecule has 158 valence electrons. The lowest BCUT2D eigenvalue weighted by Gasteiger charge is -2.35. The Morgan fingerprint density at radius 3 is 2.35 bits per heavy atom. The summed E-state index contributed by atoms with van der Waals surface area (Å²) in [6.45, 7) is 4.41. The average molecular weight is 417 g/mol. The summed E-state index contributed by atoms with van der Waals surface area (Å²) in [7, 11) is 0. The van der Waals surface area contributed by atoms with Crippen LogP contribution >= 0.6 is 0 Å². The van der Waals surface area contributed by atoms with E-state index in [1.54, 1.807) is 11.0 Å². The highest BCUT2D eigenvalue weighted by Gasteiger charge is 2.24. The smallest absolute Gasteiger partial charge is 0.270 e. The van der Waals surface area contributed by atoms with Crippen LogP contribution in [0.3, 0.4) is 0 Å². The molecule has 31 heavy (non-hydrogen) atoms. The van der Waals surface area contributed by atoms with Gasteiger partial charge < -0.3 is 9.80 Å². The maximum absolute atomic E-state index is 12.7. The molecule has 1 amide bonds. The Hall–Kier alpha value is -3.81. The fourth-order valence-electron chi connectivity index (χ4n) is 3.63. The molecule has 0 aliphatic carbocycles. The van der Waals surface area contributed by atoms with Gasteiger partial charge in [-0.25, -0.2) is 0 Å². The summed E-state index contributed by atoms with van der Waals surface area (Å²) in [4.78, 5) is 27.0. The number of nitro groups is 1. The molecule has 0 bridgehead atoms. The number of non-ortho nitro benzene ring substituents is 1. The van der Waals surface area contributed by atoms with Gasteiger partial charge in [0, 0.05) is 49.4 Å². The van der Waals surface area contributed by atoms with Crippen LogP contribution in [-0.2, 0) is 6.42 Å². The van der Waals surface area contributed by atoms with Gasteiger partial charge in [0.1, 0.15) is 0 Å². The highest BCUT2D eigenvalue weighted by atomic mass is 16.6. The van der Waals surface area contributed by atoms with Crippen LogP contribution in [-0.4, -0.2) is 52.1 Å². The van der Waals surface area contributed by atoms with Gasteiger partial charge in [0.15, 0.2) is 5.82 Å². The number of hydrogen-bond acceptors (Lipinski definition) is 6. The van der Waals surface area contributed by atoms with E-state index in [4.69, 9.17) is 0 Å². The van der Waals surface area contributed by atoms with Crippen molar-refractivity contribution in [2.75, 3.05) is 31.1 Å². The van der Waals surface area contributed by atoms with Crippen LogP contribution in [0.2, 0.25) is 0 Å². The first-order valence-corrected chi connectivity index (χ1v) is 10.3. The van der Waals surface area contributed by atoms with Crippen molar-refractivity contribution < 1.29 is 9.72 Å². The summed E-state index contributed by atoms with van der Waals surface area (Å²) in [6.07, 6.45) is 1.00. The van der Waals surface area contributed by atoms with E-state index in [0.29, 0.717) is 31.7 Å². The molecule has 2 aromatic carbocycles. The first-order valence-electron chi connectivity index (χ1n) is 10.3. The van der Waals surface area contributed by atoms with E-state index < -0.39 is 4.92 Å². The molecule has 8 nitrogen and oxygen atoms in total. The van der Waals surface area contributed by atoms with Crippen molar-refractivity contribution in [3.05, 3.63) is 81.9 Å². The summed E-state index contributed by atoms with van der Waals surface area (Å²) >= 11 is 0. The van der Waals surface area contributed by atoms with Crippen molar-refractivity contribution in [1.82, 2.24) is 15.1 Å². The number of nitrogens with zero attached hydrogens (tertiary/aromatic N) is 5. The molecule has 0 N–H and O–H groups in total. The van der Waals surface area contributed by atoms with Gasteiger partial charge in [0.05, 0.1) is 10.6 Å². The van der Waals surface area contributed by atoms with Crippen LogP contribution in [0, 0.1) is 10.1 Å². The van der Waals surface area contributed by atoms with Gasteiger partial charge in [-0.05, 0) is 30.2 Å². The quantitative estimate of drug-likeness (QED) is 0.465. The normalized spacial score (nSPS) is 13.8. The molecular weight excluding hydrogens is 394 g/mol.